The van der Waals surface area contributed by atoms with Crippen LogP contribution in [0.25, 0.3) is 0 Å². The molecule has 2 aromatic rings. The van der Waals surface area contributed by atoms with Crippen molar-refractivity contribution in [2.24, 2.45) is 0 Å². The number of alkyl halides is 6. The average molecular weight is 424 g/mol. The van der Waals surface area contributed by atoms with Crippen LogP contribution in [0.3, 0.4) is 0 Å². The van der Waals surface area contributed by atoms with E-state index in [0.29, 0.717) is 30.0 Å². The molecule has 11 heteroatoms. The van der Waals surface area contributed by atoms with E-state index in [2.05, 4.69) is 10.3 Å². The second-order valence-corrected chi connectivity index (χ2v) is 7.33. The first-order valence-electron chi connectivity index (χ1n) is 8.18. The van der Waals surface area contributed by atoms with Gasteiger partial charge in [-0.25, -0.2) is 4.98 Å². The Morgan fingerprint density at radius 3 is 2.32 bits per heavy atom. The molecule has 0 aliphatic carbocycles. The van der Waals surface area contributed by atoms with Crippen LogP contribution in [-0.2, 0) is 28.3 Å². The minimum absolute atomic E-state index is 0.0867. The van der Waals surface area contributed by atoms with Crippen LogP contribution < -0.4 is 5.32 Å². The van der Waals surface area contributed by atoms with Crippen molar-refractivity contribution in [1.29, 1.82) is 0 Å². The van der Waals surface area contributed by atoms with Crippen LogP contribution in [0.2, 0.25) is 0 Å². The molecule has 0 bridgehead atoms. The largest absolute Gasteiger partial charge is 0.416 e. The summed E-state index contributed by atoms with van der Waals surface area (Å²) in [5, 5.41) is 2.75. The van der Waals surface area contributed by atoms with Gasteiger partial charge in [0, 0.05) is 24.1 Å². The molecule has 1 amide bonds. The van der Waals surface area contributed by atoms with E-state index in [1.165, 1.54) is 6.20 Å². The number of rotatable bonds is 4. The Kier molecular flexibility index (Phi) is 5.67. The number of nitrogens with zero attached hydrogens (tertiary/aromatic N) is 1. The van der Waals surface area contributed by atoms with E-state index in [9.17, 15) is 31.1 Å². The summed E-state index contributed by atoms with van der Waals surface area (Å²) in [6, 6.07) is 1.45. The maximum atomic E-state index is 12.9. The normalized spacial score (nSPS) is 17.7. The lowest BCUT2D eigenvalue weighted by Gasteiger charge is -2.13. The van der Waals surface area contributed by atoms with Crippen molar-refractivity contribution in [2.75, 3.05) is 11.9 Å². The van der Waals surface area contributed by atoms with Gasteiger partial charge >= 0.3 is 12.4 Å². The van der Waals surface area contributed by atoms with Crippen LogP contribution in [0.4, 0.5) is 31.5 Å². The fraction of sp³-hybridized carbons (Fsp3) is 0.412. The number of thiazole rings is 1. The van der Waals surface area contributed by atoms with Gasteiger partial charge in [-0.2, -0.15) is 26.3 Å². The molecule has 1 unspecified atom stereocenters. The maximum absolute atomic E-state index is 12.9. The van der Waals surface area contributed by atoms with Crippen LogP contribution in [0, 0.1) is 0 Å². The number of halogens is 6. The smallest absolute Gasteiger partial charge is 0.368 e. The zero-order valence-corrected chi connectivity index (χ0v) is 15.0. The number of nitrogens with one attached hydrogen (secondary N) is 1. The van der Waals surface area contributed by atoms with Gasteiger partial charge in [0.25, 0.3) is 5.91 Å². The third kappa shape index (κ3) is 5.02. The third-order valence-corrected chi connectivity index (χ3v) is 4.94. The molecule has 1 fully saturated rings. The van der Waals surface area contributed by atoms with E-state index in [-0.39, 0.29) is 29.1 Å². The van der Waals surface area contributed by atoms with E-state index < -0.39 is 29.6 Å². The van der Waals surface area contributed by atoms with Crippen molar-refractivity contribution in [2.45, 2.75) is 37.7 Å². The van der Waals surface area contributed by atoms with Crippen LogP contribution in [0.15, 0.2) is 24.4 Å². The van der Waals surface area contributed by atoms with Gasteiger partial charge in [-0.1, -0.05) is 0 Å². The van der Waals surface area contributed by atoms with Gasteiger partial charge in [-0.05, 0) is 36.6 Å². The summed E-state index contributed by atoms with van der Waals surface area (Å²) in [4.78, 5) is 16.3. The van der Waals surface area contributed by atoms with Crippen molar-refractivity contribution < 1.29 is 35.9 Å². The van der Waals surface area contributed by atoms with Crippen molar-refractivity contribution in [3.05, 3.63) is 46.0 Å². The molecule has 3 rings (SSSR count). The number of hydrogen-bond acceptors (Lipinski definition) is 4. The predicted octanol–water partition coefficient (Wildman–Crippen LogP) is 4.89. The molecule has 1 saturated heterocycles. The summed E-state index contributed by atoms with van der Waals surface area (Å²) in [5.74, 6) is -0.378. The van der Waals surface area contributed by atoms with Crippen LogP contribution in [0.1, 0.15) is 34.4 Å². The fourth-order valence-corrected chi connectivity index (χ4v) is 3.59. The molecule has 28 heavy (non-hydrogen) atoms. The molecule has 1 N–H and O–H groups in total. The summed E-state index contributed by atoms with van der Waals surface area (Å²) in [7, 11) is 0. The van der Waals surface area contributed by atoms with Crippen LogP contribution in [0.5, 0.6) is 0 Å². The standard InChI is InChI=1S/C17H14F6N2O2S/c18-16(19,20)10-4-9(5-11(7-10)17(21,22)23)6-12-8-24-15(28-12)25-14(26)13-2-1-3-27-13/h4-5,7-8,13H,1-3,6H2,(H,24,25,26). The van der Waals surface area contributed by atoms with Crippen molar-refractivity contribution >= 4 is 22.4 Å². The lowest BCUT2D eigenvalue weighted by Crippen LogP contribution is -2.26. The van der Waals surface area contributed by atoms with E-state index in [0.717, 1.165) is 17.8 Å². The number of aromatic nitrogens is 1. The van der Waals surface area contributed by atoms with E-state index >= 15 is 0 Å². The summed E-state index contributed by atoms with van der Waals surface area (Å²) in [5.41, 5.74) is -2.88. The average Bonchev–Trinajstić information content (AvgIpc) is 3.25. The molecule has 1 aliphatic heterocycles. The number of anilines is 1. The third-order valence-electron chi connectivity index (χ3n) is 4.03. The molecule has 0 spiro atoms. The van der Waals surface area contributed by atoms with E-state index in [1.807, 2.05) is 0 Å². The van der Waals surface area contributed by atoms with Crippen LogP contribution in [-0.4, -0.2) is 23.6 Å². The lowest BCUT2D eigenvalue weighted by molar-refractivity contribution is -0.143. The Labute approximate surface area is 159 Å². The molecule has 1 atom stereocenters. The Morgan fingerprint density at radius 2 is 1.79 bits per heavy atom. The quantitative estimate of drug-likeness (QED) is 0.712. The highest BCUT2D eigenvalue weighted by molar-refractivity contribution is 7.15. The molecule has 152 valence electrons. The first-order chi connectivity index (χ1) is 13.0. The van der Waals surface area contributed by atoms with Gasteiger partial charge < -0.3 is 4.74 Å². The zero-order chi connectivity index (χ0) is 20.5. The number of benzene rings is 1. The second-order valence-electron chi connectivity index (χ2n) is 6.21. The monoisotopic (exact) mass is 424 g/mol. The summed E-state index contributed by atoms with van der Waals surface area (Å²) < 4.78 is 82.8. The molecule has 0 saturated carbocycles. The number of ether oxygens (including phenoxy) is 1. The van der Waals surface area contributed by atoms with Gasteiger partial charge in [-0.3, -0.25) is 10.1 Å². The predicted molar refractivity (Wildman–Crippen MR) is 89.0 cm³/mol. The molecule has 0 radical (unpaired) electrons. The maximum Gasteiger partial charge on any atom is 0.416 e. The van der Waals surface area contributed by atoms with Gasteiger partial charge in [0.1, 0.15) is 6.10 Å². The number of amides is 1. The number of hydrogen-bond donors (Lipinski definition) is 1. The highest BCUT2D eigenvalue weighted by Crippen LogP contribution is 2.37. The second kappa shape index (κ2) is 7.70. The first-order valence-corrected chi connectivity index (χ1v) is 8.99. The van der Waals surface area contributed by atoms with E-state index in [1.54, 1.807) is 0 Å². The lowest BCUT2D eigenvalue weighted by atomic mass is 10.0. The van der Waals surface area contributed by atoms with Gasteiger partial charge in [0.2, 0.25) is 0 Å². The van der Waals surface area contributed by atoms with Crippen molar-refractivity contribution in [1.82, 2.24) is 4.98 Å². The molecule has 1 aromatic heterocycles. The highest BCUT2D eigenvalue weighted by Gasteiger charge is 2.36. The summed E-state index contributed by atoms with van der Waals surface area (Å²) in [6.45, 7) is 0.484. The SMILES string of the molecule is O=C(Nc1ncc(Cc2cc(C(F)(F)F)cc(C(F)(F)F)c2)s1)C1CCCO1. The Bertz CT molecular complexity index is 824. The van der Waals surface area contributed by atoms with Gasteiger partial charge in [-0.15, -0.1) is 11.3 Å². The molecule has 4 nitrogen and oxygen atoms in total. The summed E-state index contributed by atoms with van der Waals surface area (Å²) >= 11 is 0.980. The van der Waals surface area contributed by atoms with E-state index in [4.69, 9.17) is 4.74 Å². The van der Waals surface area contributed by atoms with Crippen molar-refractivity contribution in [3.8, 4) is 0 Å². The molecule has 1 aromatic carbocycles. The highest BCUT2D eigenvalue weighted by atomic mass is 32.1. The fourth-order valence-electron chi connectivity index (χ4n) is 2.74. The minimum atomic E-state index is -4.90. The molecule has 1 aliphatic rings. The number of carbonyl (C=O) groups excluding carboxylic acids is 1. The zero-order valence-electron chi connectivity index (χ0n) is 14.2. The number of carbonyl (C=O) groups is 1. The Hall–Kier alpha value is -2.14. The first kappa shape index (κ1) is 20.6. The van der Waals surface area contributed by atoms with Gasteiger partial charge in [0.05, 0.1) is 11.1 Å². The topological polar surface area (TPSA) is 51.2 Å². The minimum Gasteiger partial charge on any atom is -0.368 e. The van der Waals surface area contributed by atoms with Gasteiger partial charge in [0.15, 0.2) is 5.13 Å². The summed E-state index contributed by atoms with van der Waals surface area (Å²) in [6.07, 6.45) is -7.91. The van der Waals surface area contributed by atoms with Crippen molar-refractivity contribution in [3.63, 3.8) is 0 Å². The molecular weight excluding hydrogens is 410 g/mol. The Morgan fingerprint density at radius 1 is 1.14 bits per heavy atom. The Balaban J connectivity index is 1.78. The molecular formula is C17H14F6N2O2S. The molecule has 2 heterocycles. The van der Waals surface area contributed by atoms with Crippen LogP contribution >= 0.6 is 11.3 Å².